The zero-order valence-corrected chi connectivity index (χ0v) is 6.97. The number of nitrogens with one attached hydrogen (secondary N) is 1. The average molecular weight is 175 g/mol. The van der Waals surface area contributed by atoms with Crippen LogP contribution in [0.25, 0.3) is 10.4 Å². The van der Waals surface area contributed by atoms with Crippen molar-refractivity contribution in [3.63, 3.8) is 0 Å². The topological polar surface area (TPSA) is 60.8 Å². The fourth-order valence-electron chi connectivity index (χ4n) is 1.86. The molecule has 0 radical (unpaired) electrons. The van der Waals surface area contributed by atoms with Gasteiger partial charge in [0.15, 0.2) is 0 Å². The molecular formula is C6H11ClN4. The van der Waals surface area contributed by atoms with Gasteiger partial charge < -0.3 is 5.32 Å². The molecule has 1 N–H and O–H groups in total. The summed E-state index contributed by atoms with van der Waals surface area (Å²) in [6.07, 6.45) is 2.20. The lowest BCUT2D eigenvalue weighted by Gasteiger charge is -2.53. The van der Waals surface area contributed by atoms with Gasteiger partial charge in [-0.25, -0.2) is 0 Å². The Labute approximate surface area is 71.4 Å². The van der Waals surface area contributed by atoms with E-state index in [1.807, 2.05) is 0 Å². The standard InChI is InChI=1S/C6H10N4.ClH/c7-10-9-5-1-6(2-5)3-8-4-6;/h5,8H,1-4H2;1H. The highest BCUT2D eigenvalue weighted by Crippen LogP contribution is 2.45. The van der Waals surface area contributed by atoms with Gasteiger partial charge in [0, 0.05) is 24.0 Å². The highest BCUT2D eigenvalue weighted by Gasteiger charge is 2.47. The Bertz CT molecular complexity index is 187. The Morgan fingerprint density at radius 2 is 2.09 bits per heavy atom. The molecule has 4 nitrogen and oxygen atoms in total. The van der Waals surface area contributed by atoms with E-state index >= 15 is 0 Å². The molecule has 62 valence electrons. The second kappa shape index (κ2) is 2.89. The molecule has 0 aromatic heterocycles. The van der Waals surface area contributed by atoms with Gasteiger partial charge in [-0.3, -0.25) is 0 Å². The van der Waals surface area contributed by atoms with Crippen molar-refractivity contribution in [3.8, 4) is 0 Å². The van der Waals surface area contributed by atoms with Crippen LogP contribution < -0.4 is 5.32 Å². The fourth-order valence-corrected chi connectivity index (χ4v) is 1.86. The van der Waals surface area contributed by atoms with Gasteiger partial charge in [-0.15, -0.1) is 12.4 Å². The van der Waals surface area contributed by atoms with Gasteiger partial charge in [-0.1, -0.05) is 5.11 Å². The van der Waals surface area contributed by atoms with E-state index in [2.05, 4.69) is 15.3 Å². The molecule has 1 heterocycles. The molecule has 0 amide bonds. The minimum absolute atomic E-state index is 0. The van der Waals surface area contributed by atoms with Gasteiger partial charge in [0.2, 0.25) is 0 Å². The Kier molecular flexibility index (Phi) is 2.28. The van der Waals surface area contributed by atoms with Gasteiger partial charge in [0.1, 0.15) is 0 Å². The Morgan fingerprint density at radius 1 is 1.45 bits per heavy atom. The summed E-state index contributed by atoms with van der Waals surface area (Å²) in [5, 5.41) is 6.89. The summed E-state index contributed by atoms with van der Waals surface area (Å²) in [6.45, 7) is 2.26. The smallest absolute Gasteiger partial charge is 0.0386 e. The van der Waals surface area contributed by atoms with E-state index in [0.29, 0.717) is 11.5 Å². The fraction of sp³-hybridized carbons (Fsp3) is 1.00. The number of hydrogen-bond donors (Lipinski definition) is 1. The summed E-state index contributed by atoms with van der Waals surface area (Å²) < 4.78 is 0. The molecule has 1 aliphatic heterocycles. The van der Waals surface area contributed by atoms with Gasteiger partial charge in [-0.2, -0.15) is 0 Å². The molecule has 0 aromatic carbocycles. The molecule has 11 heavy (non-hydrogen) atoms. The molecule has 1 aliphatic carbocycles. The molecule has 1 saturated heterocycles. The number of halogens is 1. The normalized spacial score (nSPS) is 25.8. The molecule has 1 spiro atoms. The van der Waals surface area contributed by atoms with Crippen LogP contribution in [0.3, 0.4) is 0 Å². The Morgan fingerprint density at radius 3 is 2.45 bits per heavy atom. The molecule has 0 atom stereocenters. The van der Waals surface area contributed by atoms with Crippen LogP contribution in [0, 0.1) is 5.41 Å². The first kappa shape index (κ1) is 8.65. The summed E-state index contributed by atoms with van der Waals surface area (Å²) >= 11 is 0. The van der Waals surface area contributed by atoms with Gasteiger partial charge in [0.05, 0.1) is 0 Å². The lowest BCUT2D eigenvalue weighted by atomic mass is 9.62. The summed E-state index contributed by atoms with van der Waals surface area (Å²) in [5.74, 6) is 0. The number of nitrogens with zero attached hydrogens (tertiary/aromatic N) is 3. The maximum Gasteiger partial charge on any atom is 0.0386 e. The van der Waals surface area contributed by atoms with Crippen LogP contribution in [0.15, 0.2) is 5.11 Å². The number of hydrogen-bond acceptors (Lipinski definition) is 2. The Hall–Kier alpha value is -0.440. The molecule has 2 fully saturated rings. The zero-order valence-electron chi connectivity index (χ0n) is 6.16. The van der Waals surface area contributed by atoms with Crippen LogP contribution >= 0.6 is 12.4 Å². The van der Waals surface area contributed by atoms with E-state index in [1.54, 1.807) is 0 Å². The van der Waals surface area contributed by atoms with Crippen molar-refractivity contribution in [1.29, 1.82) is 0 Å². The second-order valence-electron chi connectivity index (χ2n) is 3.37. The minimum atomic E-state index is 0. The highest BCUT2D eigenvalue weighted by molar-refractivity contribution is 5.85. The lowest BCUT2D eigenvalue weighted by Crippen LogP contribution is -2.61. The van der Waals surface area contributed by atoms with E-state index in [-0.39, 0.29) is 12.4 Å². The zero-order chi connectivity index (χ0) is 7.03. The first-order valence-electron chi connectivity index (χ1n) is 3.60. The van der Waals surface area contributed by atoms with Gasteiger partial charge in [-0.05, 0) is 23.8 Å². The van der Waals surface area contributed by atoms with Crippen molar-refractivity contribution < 1.29 is 0 Å². The van der Waals surface area contributed by atoms with E-state index in [4.69, 9.17) is 5.53 Å². The maximum absolute atomic E-state index is 8.11. The van der Waals surface area contributed by atoms with Crippen LogP contribution in [0.5, 0.6) is 0 Å². The summed E-state index contributed by atoms with van der Waals surface area (Å²) in [5.41, 5.74) is 8.65. The third-order valence-corrected chi connectivity index (χ3v) is 2.55. The van der Waals surface area contributed by atoms with Crippen molar-refractivity contribution in [3.05, 3.63) is 10.4 Å². The lowest BCUT2D eigenvalue weighted by molar-refractivity contribution is 0.0395. The second-order valence-corrected chi connectivity index (χ2v) is 3.37. The molecular weight excluding hydrogens is 164 g/mol. The third kappa shape index (κ3) is 1.29. The van der Waals surface area contributed by atoms with Crippen molar-refractivity contribution >= 4 is 12.4 Å². The molecule has 0 bridgehead atoms. The first-order valence-corrected chi connectivity index (χ1v) is 3.60. The third-order valence-electron chi connectivity index (χ3n) is 2.55. The highest BCUT2D eigenvalue weighted by atomic mass is 35.5. The number of rotatable bonds is 1. The van der Waals surface area contributed by atoms with Crippen LogP contribution in [0.1, 0.15) is 12.8 Å². The first-order chi connectivity index (χ1) is 4.85. The predicted octanol–water partition coefficient (Wildman–Crippen LogP) is 1.47. The average Bonchev–Trinajstić information content (AvgIpc) is 1.72. The van der Waals surface area contributed by atoms with E-state index in [9.17, 15) is 0 Å². The van der Waals surface area contributed by atoms with Crippen LogP contribution in [-0.2, 0) is 0 Å². The van der Waals surface area contributed by atoms with Crippen molar-refractivity contribution in [2.45, 2.75) is 18.9 Å². The van der Waals surface area contributed by atoms with Crippen molar-refractivity contribution in [1.82, 2.24) is 5.32 Å². The molecule has 5 heteroatoms. The van der Waals surface area contributed by atoms with Crippen LogP contribution in [0.4, 0.5) is 0 Å². The van der Waals surface area contributed by atoms with Gasteiger partial charge >= 0.3 is 0 Å². The van der Waals surface area contributed by atoms with Crippen LogP contribution in [-0.4, -0.2) is 19.1 Å². The quantitative estimate of drug-likeness (QED) is 0.365. The SMILES string of the molecule is Cl.[N-]=[N+]=NC1CC2(CNC2)C1. The van der Waals surface area contributed by atoms with E-state index < -0.39 is 0 Å². The maximum atomic E-state index is 8.11. The molecule has 2 aliphatic rings. The van der Waals surface area contributed by atoms with Crippen molar-refractivity contribution in [2.24, 2.45) is 10.5 Å². The summed E-state index contributed by atoms with van der Waals surface area (Å²) in [6, 6.07) is 0.298. The van der Waals surface area contributed by atoms with E-state index in [1.165, 1.54) is 0 Å². The minimum Gasteiger partial charge on any atom is -0.316 e. The largest absolute Gasteiger partial charge is 0.316 e. The van der Waals surface area contributed by atoms with Crippen LogP contribution in [0.2, 0.25) is 0 Å². The monoisotopic (exact) mass is 174 g/mol. The predicted molar refractivity (Wildman–Crippen MR) is 44.7 cm³/mol. The number of azide groups is 1. The molecule has 1 saturated carbocycles. The molecule has 0 unspecified atom stereocenters. The molecule has 2 rings (SSSR count). The Balaban J connectivity index is 0.000000605. The van der Waals surface area contributed by atoms with Gasteiger partial charge in [0.25, 0.3) is 0 Å². The molecule has 0 aromatic rings. The van der Waals surface area contributed by atoms with Crippen molar-refractivity contribution in [2.75, 3.05) is 13.1 Å². The summed E-state index contributed by atoms with van der Waals surface area (Å²) in [7, 11) is 0. The van der Waals surface area contributed by atoms with E-state index in [0.717, 1.165) is 25.9 Å². The summed E-state index contributed by atoms with van der Waals surface area (Å²) in [4.78, 5) is 2.79.